The van der Waals surface area contributed by atoms with E-state index in [1.54, 1.807) is 0 Å². The van der Waals surface area contributed by atoms with Gasteiger partial charge in [0.1, 0.15) is 0 Å². The molecule has 0 radical (unpaired) electrons. The van der Waals surface area contributed by atoms with Gasteiger partial charge in [-0.2, -0.15) is 0 Å². The molecule has 0 atom stereocenters. The second-order valence-corrected chi connectivity index (χ2v) is 16.8. The number of carbonyl (C=O) groups excluding carboxylic acids is 2. The third-order valence-electron chi connectivity index (χ3n) is 9.56. The topological polar surface area (TPSA) is 71.1 Å². The van der Waals surface area contributed by atoms with Crippen LogP contribution in [-0.4, -0.2) is 98.8 Å². The SMILES string of the molecule is CCCCCCCCCCCCCCOC(=O)CCN(CCSSCCN1CCNCC1)CCC(=O)OCCCCCCCCCCCC. The lowest BCUT2D eigenvalue weighted by Gasteiger charge is -2.26. The predicted molar refractivity (Wildman–Crippen MR) is 215 cm³/mol. The number of carbonyl (C=O) groups is 2. The molecule has 0 aromatic heterocycles. The maximum atomic E-state index is 12.5. The van der Waals surface area contributed by atoms with Crippen LogP contribution in [0.4, 0.5) is 0 Å². The van der Waals surface area contributed by atoms with E-state index in [-0.39, 0.29) is 11.9 Å². The summed E-state index contributed by atoms with van der Waals surface area (Å²) in [6.07, 6.45) is 29.1. The van der Waals surface area contributed by atoms with Crippen molar-refractivity contribution >= 4 is 33.5 Å². The number of rotatable bonds is 37. The van der Waals surface area contributed by atoms with Crippen LogP contribution in [0.2, 0.25) is 0 Å². The van der Waals surface area contributed by atoms with Gasteiger partial charge in [-0.3, -0.25) is 14.5 Å². The van der Waals surface area contributed by atoms with Gasteiger partial charge in [0.05, 0.1) is 26.1 Å². The van der Waals surface area contributed by atoms with Gasteiger partial charge < -0.3 is 19.7 Å². The van der Waals surface area contributed by atoms with E-state index >= 15 is 0 Å². The Morgan fingerprint density at radius 2 is 0.939 bits per heavy atom. The summed E-state index contributed by atoms with van der Waals surface area (Å²) in [6, 6.07) is 0. The molecule has 1 N–H and O–H groups in total. The van der Waals surface area contributed by atoms with Gasteiger partial charge in [0, 0.05) is 63.9 Å². The number of nitrogens with zero attached hydrogens (tertiary/aromatic N) is 2. The van der Waals surface area contributed by atoms with E-state index in [1.165, 1.54) is 116 Å². The fourth-order valence-electron chi connectivity index (χ4n) is 6.27. The zero-order chi connectivity index (χ0) is 35.3. The van der Waals surface area contributed by atoms with Crippen LogP contribution in [0, 0.1) is 0 Å². The number of piperazine rings is 1. The van der Waals surface area contributed by atoms with Crippen LogP contribution < -0.4 is 5.32 Å². The van der Waals surface area contributed by atoms with Gasteiger partial charge in [-0.15, -0.1) is 0 Å². The van der Waals surface area contributed by atoms with Crippen LogP contribution in [-0.2, 0) is 19.1 Å². The molecule has 1 saturated heterocycles. The highest BCUT2D eigenvalue weighted by molar-refractivity contribution is 8.76. The molecule has 0 aromatic carbocycles. The van der Waals surface area contributed by atoms with Gasteiger partial charge in [-0.05, 0) is 12.8 Å². The third kappa shape index (κ3) is 33.1. The zero-order valence-electron chi connectivity index (χ0n) is 32.3. The highest BCUT2D eigenvalue weighted by atomic mass is 33.1. The number of esters is 2. The summed E-state index contributed by atoms with van der Waals surface area (Å²) in [7, 11) is 3.83. The Kier molecular flexibility index (Phi) is 35.4. The lowest BCUT2D eigenvalue weighted by Crippen LogP contribution is -2.44. The van der Waals surface area contributed by atoms with Crippen molar-refractivity contribution < 1.29 is 19.1 Å². The zero-order valence-corrected chi connectivity index (χ0v) is 33.9. The van der Waals surface area contributed by atoms with Crippen LogP contribution in [0.3, 0.4) is 0 Å². The average molecular weight is 730 g/mol. The minimum Gasteiger partial charge on any atom is -0.466 e. The summed E-state index contributed by atoms with van der Waals surface area (Å²) < 4.78 is 11.1. The summed E-state index contributed by atoms with van der Waals surface area (Å²) in [5, 5.41) is 3.41. The number of ether oxygens (including phenoxy) is 2. The molecule has 1 aliphatic heterocycles. The van der Waals surface area contributed by atoms with Crippen LogP contribution in [0.1, 0.15) is 168 Å². The Bertz CT molecular complexity index is 728. The van der Waals surface area contributed by atoms with Crippen LogP contribution in [0.5, 0.6) is 0 Å². The molecule has 1 fully saturated rings. The molecular weight excluding hydrogens is 651 g/mol. The van der Waals surface area contributed by atoms with E-state index in [4.69, 9.17) is 9.47 Å². The first kappa shape index (κ1) is 46.5. The first-order valence-corrected chi connectivity index (χ1v) is 23.4. The molecule has 1 heterocycles. The van der Waals surface area contributed by atoms with Crippen molar-refractivity contribution in [2.75, 3.05) is 77.1 Å². The van der Waals surface area contributed by atoms with E-state index in [9.17, 15) is 9.59 Å². The fourth-order valence-corrected chi connectivity index (χ4v) is 8.32. The quantitative estimate of drug-likeness (QED) is 0.0382. The van der Waals surface area contributed by atoms with Gasteiger partial charge in [0.15, 0.2) is 0 Å². The van der Waals surface area contributed by atoms with Crippen molar-refractivity contribution in [1.82, 2.24) is 15.1 Å². The molecule has 49 heavy (non-hydrogen) atoms. The molecule has 1 rings (SSSR count). The number of nitrogens with one attached hydrogen (secondary N) is 1. The highest BCUT2D eigenvalue weighted by Gasteiger charge is 2.13. The molecule has 7 nitrogen and oxygen atoms in total. The molecule has 0 bridgehead atoms. The highest BCUT2D eigenvalue weighted by Crippen LogP contribution is 2.21. The van der Waals surface area contributed by atoms with E-state index in [0.717, 1.165) is 76.5 Å². The van der Waals surface area contributed by atoms with Gasteiger partial charge in [-0.25, -0.2) is 0 Å². The average Bonchev–Trinajstić information content (AvgIpc) is 3.11. The number of hydrogen-bond donors (Lipinski definition) is 1. The van der Waals surface area contributed by atoms with Crippen LogP contribution in [0.25, 0.3) is 0 Å². The standard InChI is InChI=1S/C40H79N3O4S2/c1-3-5-7-9-11-13-15-16-18-20-22-24-36-47-40(45)26-30-42(33-37-48-49-38-34-43-31-27-41-28-32-43)29-25-39(44)46-35-23-21-19-17-14-12-10-8-6-4-2/h41H,3-38H2,1-2H3. The van der Waals surface area contributed by atoms with E-state index in [0.29, 0.717) is 39.1 Å². The lowest BCUT2D eigenvalue weighted by molar-refractivity contribution is -0.144. The summed E-state index contributed by atoms with van der Waals surface area (Å²) in [6.45, 7) is 13.3. The smallest absolute Gasteiger partial charge is 0.307 e. The van der Waals surface area contributed by atoms with Gasteiger partial charge in [0.25, 0.3) is 0 Å². The first-order chi connectivity index (χ1) is 24.2. The summed E-state index contributed by atoms with van der Waals surface area (Å²) in [5.74, 6) is 1.87. The van der Waals surface area contributed by atoms with E-state index < -0.39 is 0 Å². The maximum Gasteiger partial charge on any atom is 0.307 e. The van der Waals surface area contributed by atoms with E-state index in [1.807, 2.05) is 21.6 Å². The Hall–Kier alpha value is -0.480. The molecule has 0 unspecified atom stereocenters. The molecule has 0 saturated carbocycles. The molecule has 0 spiro atoms. The summed E-state index contributed by atoms with van der Waals surface area (Å²) in [4.78, 5) is 29.8. The molecule has 9 heteroatoms. The minimum absolute atomic E-state index is 0.116. The Labute approximate surface area is 311 Å². The molecule has 1 aliphatic rings. The Morgan fingerprint density at radius 1 is 0.551 bits per heavy atom. The second kappa shape index (κ2) is 37.3. The monoisotopic (exact) mass is 730 g/mol. The number of hydrogen-bond acceptors (Lipinski definition) is 9. The summed E-state index contributed by atoms with van der Waals surface area (Å²) in [5.41, 5.74) is 0. The van der Waals surface area contributed by atoms with Gasteiger partial charge in [0.2, 0.25) is 0 Å². The van der Waals surface area contributed by atoms with Crippen molar-refractivity contribution in [3.8, 4) is 0 Å². The van der Waals surface area contributed by atoms with E-state index in [2.05, 4.69) is 29.0 Å². The van der Waals surface area contributed by atoms with Crippen molar-refractivity contribution in [1.29, 1.82) is 0 Å². The molecule has 0 amide bonds. The molecule has 0 aromatic rings. The normalized spacial score (nSPS) is 13.7. The molecule has 290 valence electrons. The Morgan fingerprint density at radius 3 is 1.37 bits per heavy atom. The third-order valence-corrected chi connectivity index (χ3v) is 11.9. The minimum atomic E-state index is -0.117. The van der Waals surface area contributed by atoms with Gasteiger partial charge >= 0.3 is 11.9 Å². The lowest BCUT2D eigenvalue weighted by atomic mass is 10.1. The number of unbranched alkanes of at least 4 members (excludes halogenated alkanes) is 20. The fraction of sp³-hybridized carbons (Fsp3) is 0.950. The van der Waals surface area contributed by atoms with Crippen LogP contribution >= 0.6 is 21.6 Å². The van der Waals surface area contributed by atoms with Crippen LogP contribution in [0.15, 0.2) is 0 Å². The molecule has 0 aliphatic carbocycles. The largest absolute Gasteiger partial charge is 0.466 e. The van der Waals surface area contributed by atoms with Crippen molar-refractivity contribution in [3.63, 3.8) is 0 Å². The molecular formula is C40H79N3O4S2. The summed E-state index contributed by atoms with van der Waals surface area (Å²) >= 11 is 0. The second-order valence-electron chi connectivity index (χ2n) is 14.1. The predicted octanol–water partition coefficient (Wildman–Crippen LogP) is 10.1. The van der Waals surface area contributed by atoms with Crippen molar-refractivity contribution in [2.24, 2.45) is 0 Å². The van der Waals surface area contributed by atoms with Gasteiger partial charge in [-0.1, -0.05) is 164 Å². The maximum absolute atomic E-state index is 12.5. The first-order valence-electron chi connectivity index (χ1n) is 20.9. The Balaban J connectivity index is 2.18. The van der Waals surface area contributed by atoms with Crippen molar-refractivity contribution in [2.45, 2.75) is 168 Å². The van der Waals surface area contributed by atoms with Crippen molar-refractivity contribution in [3.05, 3.63) is 0 Å².